The number of nitrogens with zero attached hydrogens (tertiary/aromatic N) is 3. The minimum absolute atomic E-state index is 0.521. The molecule has 1 aromatic carbocycles. The number of hydrogen-bond donors (Lipinski definition) is 0. The molecule has 0 amide bonds. The Morgan fingerprint density at radius 2 is 2.08 bits per heavy atom. The van der Waals surface area contributed by atoms with E-state index in [2.05, 4.69) is 28.7 Å². The maximum Gasteiger partial charge on any atom is 0.205 e. The van der Waals surface area contributed by atoms with E-state index >= 15 is 0 Å². The van der Waals surface area contributed by atoms with Gasteiger partial charge in [-0.1, -0.05) is 12.2 Å². The zero-order valence-corrected chi connectivity index (χ0v) is 16.1. The van der Waals surface area contributed by atoms with Crippen molar-refractivity contribution in [1.82, 2.24) is 4.68 Å². The minimum Gasteiger partial charge on any atom is -0.497 e. The molecule has 3 unspecified atom stereocenters. The normalized spacial score (nSPS) is 24.7. The fourth-order valence-corrected chi connectivity index (χ4v) is 4.70. The van der Waals surface area contributed by atoms with Crippen LogP contribution in [0.3, 0.4) is 0 Å². The SMILES string of the molecule is CN=c1scc(-c2ccc(OC)cc2OC)n1N=CC1CC2C=CC1C2. The van der Waals surface area contributed by atoms with E-state index in [1.54, 1.807) is 32.6 Å². The molecule has 2 bridgehead atoms. The van der Waals surface area contributed by atoms with E-state index in [0.717, 1.165) is 33.5 Å². The molecule has 1 saturated carbocycles. The predicted octanol–water partition coefficient (Wildman–Crippen LogP) is 3.81. The van der Waals surface area contributed by atoms with Crippen LogP contribution < -0.4 is 14.3 Å². The first-order chi connectivity index (χ1) is 12.7. The molecule has 136 valence electrons. The van der Waals surface area contributed by atoms with Crippen molar-refractivity contribution in [2.24, 2.45) is 27.8 Å². The maximum atomic E-state index is 5.58. The molecule has 0 aliphatic heterocycles. The number of fused-ring (bicyclic) bond motifs is 2. The number of hydrogen-bond acceptors (Lipinski definition) is 5. The summed E-state index contributed by atoms with van der Waals surface area (Å²) in [4.78, 5) is 5.26. The molecule has 6 heteroatoms. The van der Waals surface area contributed by atoms with E-state index in [1.165, 1.54) is 12.8 Å². The van der Waals surface area contributed by atoms with Gasteiger partial charge in [-0.25, -0.2) is 4.68 Å². The van der Waals surface area contributed by atoms with Gasteiger partial charge >= 0.3 is 0 Å². The average Bonchev–Trinajstić information content (AvgIpc) is 3.40. The van der Waals surface area contributed by atoms with Gasteiger partial charge in [-0.2, -0.15) is 5.10 Å². The van der Waals surface area contributed by atoms with Gasteiger partial charge in [0.1, 0.15) is 11.5 Å². The Morgan fingerprint density at radius 1 is 1.19 bits per heavy atom. The lowest BCUT2D eigenvalue weighted by Gasteiger charge is -2.13. The second kappa shape index (κ2) is 7.11. The highest BCUT2D eigenvalue weighted by molar-refractivity contribution is 7.07. The van der Waals surface area contributed by atoms with Crippen molar-refractivity contribution in [3.05, 3.63) is 40.5 Å². The molecule has 2 aliphatic rings. The summed E-state index contributed by atoms with van der Waals surface area (Å²) >= 11 is 1.58. The summed E-state index contributed by atoms with van der Waals surface area (Å²) in [6.45, 7) is 0. The van der Waals surface area contributed by atoms with Gasteiger partial charge in [0.15, 0.2) is 0 Å². The van der Waals surface area contributed by atoms with Crippen LogP contribution in [0.25, 0.3) is 11.3 Å². The fourth-order valence-electron chi connectivity index (χ4n) is 3.91. The second-order valence-corrected chi connectivity index (χ2v) is 7.55. The number of methoxy groups -OCH3 is 2. The van der Waals surface area contributed by atoms with Gasteiger partial charge in [-0.15, -0.1) is 11.3 Å². The average molecular weight is 369 g/mol. The molecule has 0 N–H and O–H groups in total. The lowest BCUT2D eigenvalue weighted by atomic mass is 9.95. The maximum absolute atomic E-state index is 5.58. The summed E-state index contributed by atoms with van der Waals surface area (Å²) in [5.41, 5.74) is 1.95. The Balaban J connectivity index is 1.72. The highest BCUT2D eigenvalue weighted by atomic mass is 32.1. The Morgan fingerprint density at radius 3 is 2.73 bits per heavy atom. The third-order valence-electron chi connectivity index (χ3n) is 5.27. The van der Waals surface area contributed by atoms with E-state index in [9.17, 15) is 0 Å². The van der Waals surface area contributed by atoms with Crippen molar-refractivity contribution in [2.75, 3.05) is 21.3 Å². The summed E-state index contributed by atoms with van der Waals surface area (Å²) < 4.78 is 12.8. The molecule has 1 heterocycles. The van der Waals surface area contributed by atoms with Gasteiger partial charge < -0.3 is 9.47 Å². The number of allylic oxidation sites excluding steroid dienone is 2. The van der Waals surface area contributed by atoms with Crippen molar-refractivity contribution < 1.29 is 9.47 Å². The molecular weight excluding hydrogens is 346 g/mol. The van der Waals surface area contributed by atoms with Gasteiger partial charge in [0, 0.05) is 36.2 Å². The molecule has 3 atom stereocenters. The summed E-state index contributed by atoms with van der Waals surface area (Å²) in [5, 5.41) is 6.89. The van der Waals surface area contributed by atoms with Crippen LogP contribution in [0.15, 0.2) is 45.8 Å². The van der Waals surface area contributed by atoms with Gasteiger partial charge in [-0.05, 0) is 36.8 Å². The highest BCUT2D eigenvalue weighted by Crippen LogP contribution is 2.42. The smallest absolute Gasteiger partial charge is 0.205 e. The third-order valence-corrected chi connectivity index (χ3v) is 6.17. The standard InChI is InChI=1S/C20H23N3O2S/c1-21-20-23(22-11-15-9-13-4-5-14(15)8-13)18(12-26-20)17-7-6-16(24-2)10-19(17)25-3/h4-7,10-15H,8-9H2,1-3H3. The molecule has 0 radical (unpaired) electrons. The monoisotopic (exact) mass is 369 g/mol. The Kier molecular flexibility index (Phi) is 4.68. The van der Waals surface area contributed by atoms with Gasteiger partial charge in [0.2, 0.25) is 4.80 Å². The summed E-state index contributed by atoms with van der Waals surface area (Å²) in [6.07, 6.45) is 9.29. The van der Waals surface area contributed by atoms with Crippen LogP contribution in [0, 0.1) is 17.8 Å². The fraction of sp³-hybridized carbons (Fsp3) is 0.400. The first-order valence-electron chi connectivity index (χ1n) is 8.82. The number of rotatable bonds is 5. The minimum atomic E-state index is 0.521. The van der Waals surface area contributed by atoms with Gasteiger partial charge in [0.25, 0.3) is 0 Å². The zero-order chi connectivity index (χ0) is 18.1. The number of benzene rings is 1. The molecule has 1 aromatic heterocycles. The van der Waals surface area contributed by atoms with Crippen LogP contribution in [0.4, 0.5) is 0 Å². The number of ether oxygens (including phenoxy) is 2. The Hall–Kier alpha value is -2.34. The molecule has 2 aromatic rings. The summed E-state index contributed by atoms with van der Waals surface area (Å²) in [6, 6.07) is 5.84. The van der Waals surface area contributed by atoms with Crippen LogP contribution in [-0.2, 0) is 0 Å². The molecule has 1 fully saturated rings. The molecule has 4 rings (SSSR count). The molecule has 2 aliphatic carbocycles. The largest absolute Gasteiger partial charge is 0.497 e. The predicted molar refractivity (Wildman–Crippen MR) is 105 cm³/mol. The Bertz CT molecular complexity index is 925. The Labute approximate surface area is 157 Å². The second-order valence-electron chi connectivity index (χ2n) is 6.71. The van der Waals surface area contributed by atoms with Gasteiger partial charge in [-0.3, -0.25) is 4.99 Å². The highest BCUT2D eigenvalue weighted by Gasteiger charge is 2.34. The summed E-state index contributed by atoms with van der Waals surface area (Å²) in [7, 11) is 5.12. The van der Waals surface area contributed by atoms with E-state index in [1.807, 2.05) is 22.9 Å². The number of thiazole rings is 1. The van der Waals surface area contributed by atoms with Crippen LogP contribution in [0.5, 0.6) is 11.5 Å². The van der Waals surface area contributed by atoms with Gasteiger partial charge in [0.05, 0.1) is 19.9 Å². The van der Waals surface area contributed by atoms with Crippen molar-refractivity contribution >= 4 is 17.6 Å². The lowest BCUT2D eigenvalue weighted by Crippen LogP contribution is -2.15. The van der Waals surface area contributed by atoms with Crippen molar-refractivity contribution in [2.45, 2.75) is 12.8 Å². The van der Waals surface area contributed by atoms with Crippen molar-refractivity contribution in [1.29, 1.82) is 0 Å². The van der Waals surface area contributed by atoms with Crippen LogP contribution >= 0.6 is 11.3 Å². The quantitative estimate of drug-likeness (QED) is 0.594. The van der Waals surface area contributed by atoms with E-state index in [-0.39, 0.29) is 0 Å². The molecular formula is C20H23N3O2S. The first kappa shape index (κ1) is 17.1. The van der Waals surface area contributed by atoms with Crippen LogP contribution in [0.2, 0.25) is 0 Å². The summed E-state index contributed by atoms with van der Waals surface area (Å²) in [5.74, 6) is 3.43. The van der Waals surface area contributed by atoms with Crippen molar-refractivity contribution in [3.63, 3.8) is 0 Å². The molecule has 5 nitrogen and oxygen atoms in total. The third kappa shape index (κ3) is 2.98. The van der Waals surface area contributed by atoms with E-state index < -0.39 is 0 Å². The van der Waals surface area contributed by atoms with Crippen molar-refractivity contribution in [3.8, 4) is 22.8 Å². The van der Waals surface area contributed by atoms with E-state index in [0.29, 0.717) is 11.8 Å². The first-order valence-corrected chi connectivity index (χ1v) is 9.70. The lowest BCUT2D eigenvalue weighted by molar-refractivity contribution is 0.395. The van der Waals surface area contributed by atoms with Crippen LogP contribution in [-0.4, -0.2) is 32.2 Å². The zero-order valence-electron chi connectivity index (χ0n) is 15.3. The number of aromatic nitrogens is 1. The molecule has 26 heavy (non-hydrogen) atoms. The molecule has 0 saturated heterocycles. The topological polar surface area (TPSA) is 48.1 Å². The van der Waals surface area contributed by atoms with E-state index in [4.69, 9.17) is 14.6 Å². The molecule has 0 spiro atoms. The van der Waals surface area contributed by atoms with Crippen LogP contribution in [0.1, 0.15) is 12.8 Å².